The molecule has 2 aliphatic heterocycles. The van der Waals surface area contributed by atoms with Crippen LogP contribution < -0.4 is 4.72 Å². The number of rotatable bonds is 3. The van der Waals surface area contributed by atoms with Crippen molar-refractivity contribution in [2.24, 2.45) is 4.99 Å². The number of anilines is 1. The number of fused-ring (bicyclic) bond motifs is 2. The van der Waals surface area contributed by atoms with Crippen molar-refractivity contribution in [3.63, 3.8) is 0 Å². The van der Waals surface area contributed by atoms with Gasteiger partial charge in [0.05, 0.1) is 23.3 Å². The van der Waals surface area contributed by atoms with Crippen LogP contribution in [-0.4, -0.2) is 47.8 Å². The van der Waals surface area contributed by atoms with E-state index in [-0.39, 0.29) is 5.94 Å². The van der Waals surface area contributed by atoms with Gasteiger partial charge in [0.15, 0.2) is 10.5 Å². The molecule has 2 N–H and O–H groups in total. The molecule has 112 valence electrons. The summed E-state index contributed by atoms with van der Waals surface area (Å²) in [6, 6.07) is 5.28. The number of nitrogens with one attached hydrogen (secondary N) is 2. The van der Waals surface area contributed by atoms with Crippen LogP contribution in [0.2, 0.25) is 0 Å². The number of H-pyrrole nitrogens is 1. The maximum Gasteiger partial charge on any atom is 0.255 e. The molecule has 0 spiro atoms. The van der Waals surface area contributed by atoms with Gasteiger partial charge in [-0.3, -0.25) is 14.8 Å². The molecule has 0 amide bonds. The van der Waals surface area contributed by atoms with E-state index in [2.05, 4.69) is 19.9 Å². The Balaban J connectivity index is 1.65. The van der Waals surface area contributed by atoms with Crippen LogP contribution in [0.1, 0.15) is 0 Å². The summed E-state index contributed by atoms with van der Waals surface area (Å²) >= 11 is 1.44. The summed E-state index contributed by atoms with van der Waals surface area (Å²) in [5.74, 6) is -0.319. The second-order valence-electron chi connectivity index (χ2n) is 5.17. The van der Waals surface area contributed by atoms with Gasteiger partial charge in [-0.2, -0.15) is 5.10 Å². The zero-order chi connectivity index (χ0) is 15.3. The Kier molecular flexibility index (Phi) is 2.98. The highest BCUT2D eigenvalue weighted by Gasteiger charge is 2.43. The molecular formula is C12H12BN5O2S2. The zero-order valence-corrected chi connectivity index (χ0v) is 13.2. The van der Waals surface area contributed by atoms with Crippen LogP contribution in [0.25, 0.3) is 10.9 Å². The standard InChI is InChI=1S/C12H12BN5O2S2/c13-10-11(18-3-4-21-12(18)15-10)22(19,20)17-8-2-1-7-6-14-16-9(7)5-8/h1-6,10-11,17H,13H2,(H,14,16). The number of hydrogen-bond acceptors (Lipinski definition) is 6. The Morgan fingerprint density at radius 3 is 3.14 bits per heavy atom. The van der Waals surface area contributed by atoms with E-state index >= 15 is 0 Å². The van der Waals surface area contributed by atoms with Crippen molar-refractivity contribution in [1.29, 1.82) is 0 Å². The topological polar surface area (TPSA) is 90.4 Å². The van der Waals surface area contributed by atoms with E-state index in [0.29, 0.717) is 5.69 Å². The van der Waals surface area contributed by atoms with E-state index < -0.39 is 15.4 Å². The molecule has 1 aromatic heterocycles. The second kappa shape index (κ2) is 4.78. The molecule has 0 fully saturated rings. The summed E-state index contributed by atoms with van der Waals surface area (Å²) in [5.41, 5.74) is 1.29. The minimum absolute atomic E-state index is 0.319. The van der Waals surface area contributed by atoms with Gasteiger partial charge in [-0.25, -0.2) is 8.42 Å². The molecule has 0 radical (unpaired) electrons. The Labute approximate surface area is 132 Å². The van der Waals surface area contributed by atoms with Gasteiger partial charge in [0.1, 0.15) is 7.85 Å². The third kappa shape index (κ3) is 2.10. The van der Waals surface area contributed by atoms with Crippen LogP contribution in [0.5, 0.6) is 0 Å². The maximum atomic E-state index is 12.7. The molecule has 2 aromatic rings. The van der Waals surface area contributed by atoms with Crippen LogP contribution in [0, 0.1) is 0 Å². The SMILES string of the molecule is BC1N=C2SC=CN2C1S(=O)(=O)Nc1ccc2cn[nH]c2c1. The molecule has 2 atom stereocenters. The molecule has 2 aliphatic rings. The number of sulfonamides is 1. The minimum Gasteiger partial charge on any atom is -0.306 e. The number of benzene rings is 1. The lowest BCUT2D eigenvalue weighted by atomic mass is 9.98. The number of aliphatic imine (C=N–C) groups is 1. The molecule has 1 aromatic carbocycles. The van der Waals surface area contributed by atoms with E-state index in [1.807, 2.05) is 19.3 Å². The Morgan fingerprint density at radius 1 is 1.41 bits per heavy atom. The van der Waals surface area contributed by atoms with E-state index in [9.17, 15) is 8.42 Å². The molecule has 10 heteroatoms. The van der Waals surface area contributed by atoms with Crippen LogP contribution in [0.3, 0.4) is 0 Å². The highest BCUT2D eigenvalue weighted by atomic mass is 32.2. The molecule has 0 saturated carbocycles. The first kappa shape index (κ1) is 13.7. The van der Waals surface area contributed by atoms with Gasteiger partial charge in [-0.1, -0.05) is 11.8 Å². The van der Waals surface area contributed by atoms with E-state index in [1.54, 1.807) is 29.4 Å². The summed E-state index contributed by atoms with van der Waals surface area (Å²) in [6.45, 7) is 0. The molecule has 7 nitrogen and oxygen atoms in total. The lowest BCUT2D eigenvalue weighted by Crippen LogP contribution is -2.44. The third-order valence-electron chi connectivity index (χ3n) is 3.64. The highest BCUT2D eigenvalue weighted by Crippen LogP contribution is 2.32. The Morgan fingerprint density at radius 2 is 2.27 bits per heavy atom. The lowest BCUT2D eigenvalue weighted by Gasteiger charge is -2.24. The molecule has 0 saturated heterocycles. The van der Waals surface area contributed by atoms with Crippen molar-refractivity contribution in [3.05, 3.63) is 36.0 Å². The smallest absolute Gasteiger partial charge is 0.255 e. The Bertz CT molecular complexity index is 907. The molecule has 4 rings (SSSR count). The van der Waals surface area contributed by atoms with Crippen LogP contribution >= 0.6 is 11.8 Å². The first-order valence-electron chi connectivity index (χ1n) is 6.69. The van der Waals surface area contributed by atoms with Crippen LogP contribution in [0.4, 0.5) is 5.69 Å². The Hall–Kier alpha value is -1.94. The largest absolute Gasteiger partial charge is 0.306 e. The maximum absolute atomic E-state index is 12.7. The van der Waals surface area contributed by atoms with Crippen LogP contribution in [0.15, 0.2) is 41.0 Å². The highest BCUT2D eigenvalue weighted by molar-refractivity contribution is 8.16. The normalized spacial score (nSPS) is 23.8. The van der Waals surface area contributed by atoms with Crippen molar-refractivity contribution >= 4 is 51.4 Å². The van der Waals surface area contributed by atoms with Crippen molar-refractivity contribution < 1.29 is 8.42 Å². The summed E-state index contributed by atoms with van der Waals surface area (Å²) in [6.07, 6.45) is 3.45. The van der Waals surface area contributed by atoms with Crippen molar-refractivity contribution in [3.8, 4) is 0 Å². The minimum atomic E-state index is -3.61. The fraction of sp³-hybridized carbons (Fsp3) is 0.167. The van der Waals surface area contributed by atoms with E-state index in [4.69, 9.17) is 0 Å². The number of thioether (sulfide) groups is 1. The van der Waals surface area contributed by atoms with Gasteiger partial charge in [-0.15, -0.1) is 0 Å². The number of amidine groups is 1. The van der Waals surface area contributed by atoms with Crippen molar-refractivity contribution in [2.75, 3.05) is 4.72 Å². The average Bonchev–Trinajstić information content (AvgIpc) is 3.11. The van der Waals surface area contributed by atoms with Gasteiger partial charge >= 0.3 is 0 Å². The number of aromatic amines is 1. The number of aromatic nitrogens is 2. The summed E-state index contributed by atoms with van der Waals surface area (Å²) in [7, 11) is -1.80. The van der Waals surface area contributed by atoms with E-state index in [1.165, 1.54) is 11.8 Å². The number of nitrogens with zero attached hydrogens (tertiary/aromatic N) is 3. The molecule has 22 heavy (non-hydrogen) atoms. The molecule has 3 heterocycles. The van der Waals surface area contributed by atoms with Crippen LogP contribution in [-0.2, 0) is 10.0 Å². The molecule has 2 unspecified atom stereocenters. The molecule has 0 bridgehead atoms. The fourth-order valence-electron chi connectivity index (χ4n) is 2.68. The molecular weight excluding hydrogens is 321 g/mol. The average molecular weight is 333 g/mol. The first-order chi connectivity index (χ1) is 10.5. The lowest BCUT2D eigenvalue weighted by molar-refractivity contribution is 0.503. The first-order valence-corrected chi connectivity index (χ1v) is 9.11. The summed E-state index contributed by atoms with van der Waals surface area (Å²) < 4.78 is 28.1. The van der Waals surface area contributed by atoms with Gasteiger partial charge in [-0.05, 0) is 23.6 Å². The quantitative estimate of drug-likeness (QED) is 0.798. The fourth-order valence-corrected chi connectivity index (χ4v) is 5.21. The van der Waals surface area contributed by atoms with Crippen molar-refractivity contribution in [1.82, 2.24) is 15.1 Å². The van der Waals surface area contributed by atoms with E-state index in [0.717, 1.165) is 16.1 Å². The summed E-state index contributed by atoms with van der Waals surface area (Å²) in [5, 5.41) is 9.53. The van der Waals surface area contributed by atoms with Gasteiger partial charge < -0.3 is 4.90 Å². The summed E-state index contributed by atoms with van der Waals surface area (Å²) in [4.78, 5) is 6.09. The molecule has 0 aliphatic carbocycles. The van der Waals surface area contributed by atoms with Gasteiger partial charge in [0, 0.05) is 11.6 Å². The predicted octanol–water partition coefficient (Wildman–Crippen LogP) is 0.479. The zero-order valence-electron chi connectivity index (χ0n) is 11.6. The predicted molar refractivity (Wildman–Crippen MR) is 90.8 cm³/mol. The second-order valence-corrected chi connectivity index (χ2v) is 7.82. The van der Waals surface area contributed by atoms with Crippen molar-refractivity contribution in [2.45, 2.75) is 11.3 Å². The monoisotopic (exact) mass is 333 g/mol. The van der Waals surface area contributed by atoms with Gasteiger partial charge in [0.25, 0.3) is 10.0 Å². The number of hydrogen-bond donors (Lipinski definition) is 2. The third-order valence-corrected chi connectivity index (χ3v) is 6.20. The van der Waals surface area contributed by atoms with Gasteiger partial charge in [0.2, 0.25) is 0 Å².